The summed E-state index contributed by atoms with van der Waals surface area (Å²) in [5.41, 5.74) is 2.58. The van der Waals surface area contributed by atoms with Gasteiger partial charge in [-0.3, -0.25) is 0 Å². The normalized spacial score (nSPS) is 22.6. The van der Waals surface area contributed by atoms with E-state index in [1.165, 1.54) is 32.1 Å². The van der Waals surface area contributed by atoms with Crippen LogP contribution in [0.15, 0.2) is 6.07 Å². The molecule has 112 valence electrons. The number of rotatable bonds is 6. The van der Waals surface area contributed by atoms with Crippen molar-refractivity contribution in [1.82, 2.24) is 9.97 Å². The molecule has 2 rings (SSSR count). The van der Waals surface area contributed by atoms with E-state index in [1.54, 1.807) is 7.11 Å². The predicted octanol–water partition coefficient (Wildman–Crippen LogP) is 2.29. The Kier molecular flexibility index (Phi) is 5.55. The number of hydrazine groups is 1. The molecule has 0 radical (unpaired) electrons. The first-order valence-electron chi connectivity index (χ1n) is 7.35. The zero-order chi connectivity index (χ0) is 14.4. The minimum Gasteiger partial charge on any atom is -0.377 e. The van der Waals surface area contributed by atoms with E-state index in [-0.39, 0.29) is 0 Å². The molecule has 6 nitrogen and oxygen atoms in total. The van der Waals surface area contributed by atoms with Gasteiger partial charge in [0.1, 0.15) is 18.2 Å². The minimum absolute atomic E-state index is 0.381. The highest BCUT2D eigenvalue weighted by molar-refractivity contribution is 5.47. The molecule has 1 fully saturated rings. The van der Waals surface area contributed by atoms with E-state index in [2.05, 4.69) is 27.6 Å². The Bertz CT molecular complexity index is 426. The zero-order valence-electron chi connectivity index (χ0n) is 12.4. The molecule has 4 N–H and O–H groups in total. The smallest absolute Gasteiger partial charge is 0.158 e. The number of nitrogens with one attached hydrogen (secondary N) is 2. The van der Waals surface area contributed by atoms with Crippen molar-refractivity contribution in [2.45, 2.75) is 51.7 Å². The molecule has 1 aliphatic carbocycles. The van der Waals surface area contributed by atoms with Crippen LogP contribution in [0.3, 0.4) is 0 Å². The summed E-state index contributed by atoms with van der Waals surface area (Å²) in [6.45, 7) is 2.65. The first-order chi connectivity index (χ1) is 9.75. The Balaban J connectivity index is 2.05. The number of methoxy groups -OCH3 is 1. The summed E-state index contributed by atoms with van der Waals surface area (Å²) in [5.74, 6) is 8.34. The Labute approximate surface area is 120 Å². The van der Waals surface area contributed by atoms with Gasteiger partial charge in [-0.1, -0.05) is 26.2 Å². The van der Waals surface area contributed by atoms with Gasteiger partial charge in [0.15, 0.2) is 5.82 Å². The highest BCUT2D eigenvalue weighted by atomic mass is 16.5. The van der Waals surface area contributed by atoms with Gasteiger partial charge in [0.05, 0.1) is 0 Å². The second-order valence-corrected chi connectivity index (χ2v) is 5.41. The maximum Gasteiger partial charge on any atom is 0.158 e. The molecule has 1 aromatic heterocycles. The van der Waals surface area contributed by atoms with Crippen molar-refractivity contribution in [3.8, 4) is 0 Å². The first kappa shape index (κ1) is 15.0. The summed E-state index contributed by atoms with van der Waals surface area (Å²) < 4.78 is 5.09. The Morgan fingerprint density at radius 2 is 2.15 bits per heavy atom. The first-order valence-corrected chi connectivity index (χ1v) is 7.35. The molecular weight excluding hydrogens is 254 g/mol. The van der Waals surface area contributed by atoms with Crippen molar-refractivity contribution in [2.75, 3.05) is 17.9 Å². The molecule has 0 spiro atoms. The van der Waals surface area contributed by atoms with Gasteiger partial charge in [0.2, 0.25) is 0 Å². The van der Waals surface area contributed by atoms with E-state index < -0.39 is 0 Å². The summed E-state index contributed by atoms with van der Waals surface area (Å²) in [5, 5.41) is 3.52. The van der Waals surface area contributed by atoms with Crippen molar-refractivity contribution in [3.63, 3.8) is 0 Å². The minimum atomic E-state index is 0.381. The number of hydrogen-bond donors (Lipinski definition) is 3. The van der Waals surface area contributed by atoms with Crippen LogP contribution in [0.25, 0.3) is 0 Å². The molecule has 1 aliphatic rings. The van der Waals surface area contributed by atoms with Gasteiger partial charge in [0.25, 0.3) is 0 Å². The van der Waals surface area contributed by atoms with Crippen LogP contribution in [0.1, 0.15) is 44.9 Å². The third-order valence-corrected chi connectivity index (χ3v) is 3.91. The lowest BCUT2D eigenvalue weighted by Crippen LogP contribution is -2.27. The average Bonchev–Trinajstić information content (AvgIpc) is 2.47. The van der Waals surface area contributed by atoms with Crippen LogP contribution < -0.4 is 16.6 Å². The number of anilines is 2. The van der Waals surface area contributed by atoms with Crippen molar-refractivity contribution in [3.05, 3.63) is 11.9 Å². The summed E-state index contributed by atoms with van der Waals surface area (Å²) in [4.78, 5) is 8.73. The summed E-state index contributed by atoms with van der Waals surface area (Å²) >= 11 is 0. The quantitative estimate of drug-likeness (QED) is 0.547. The van der Waals surface area contributed by atoms with Gasteiger partial charge in [-0.2, -0.15) is 0 Å². The van der Waals surface area contributed by atoms with Crippen LogP contribution >= 0.6 is 0 Å². The molecule has 20 heavy (non-hydrogen) atoms. The molecule has 0 bridgehead atoms. The monoisotopic (exact) mass is 279 g/mol. The van der Waals surface area contributed by atoms with E-state index in [0.29, 0.717) is 24.3 Å². The van der Waals surface area contributed by atoms with E-state index in [4.69, 9.17) is 10.6 Å². The number of nitrogens with zero attached hydrogens (tertiary/aromatic N) is 2. The SMILES string of the molecule is CCC1CCCC(Nc2cc(NN)nc(COC)n2)C1. The molecule has 6 heteroatoms. The van der Waals surface area contributed by atoms with Gasteiger partial charge in [-0.15, -0.1) is 0 Å². The van der Waals surface area contributed by atoms with E-state index in [0.717, 1.165) is 11.7 Å². The molecule has 2 unspecified atom stereocenters. The van der Waals surface area contributed by atoms with Crippen LogP contribution in [-0.4, -0.2) is 23.1 Å². The maximum atomic E-state index is 5.45. The largest absolute Gasteiger partial charge is 0.377 e. The highest BCUT2D eigenvalue weighted by Gasteiger charge is 2.21. The van der Waals surface area contributed by atoms with Gasteiger partial charge in [0, 0.05) is 19.2 Å². The molecule has 1 aromatic rings. The maximum absolute atomic E-state index is 5.45. The average molecular weight is 279 g/mol. The van der Waals surface area contributed by atoms with E-state index in [1.807, 2.05) is 6.07 Å². The fourth-order valence-corrected chi connectivity index (χ4v) is 2.84. The fraction of sp³-hybridized carbons (Fsp3) is 0.714. The molecular formula is C14H25N5O. The van der Waals surface area contributed by atoms with Gasteiger partial charge in [-0.05, 0) is 18.8 Å². The number of ether oxygens (including phenoxy) is 1. The zero-order valence-corrected chi connectivity index (χ0v) is 12.4. The van der Waals surface area contributed by atoms with Crippen LogP contribution in [0.4, 0.5) is 11.6 Å². The van der Waals surface area contributed by atoms with Crippen LogP contribution in [0.2, 0.25) is 0 Å². The summed E-state index contributed by atoms with van der Waals surface area (Å²) in [7, 11) is 1.63. The van der Waals surface area contributed by atoms with Crippen LogP contribution in [0, 0.1) is 5.92 Å². The van der Waals surface area contributed by atoms with Crippen molar-refractivity contribution < 1.29 is 4.74 Å². The van der Waals surface area contributed by atoms with Gasteiger partial charge < -0.3 is 15.5 Å². The summed E-state index contributed by atoms with van der Waals surface area (Å²) in [6, 6.07) is 2.33. The third kappa shape index (κ3) is 4.05. The second-order valence-electron chi connectivity index (χ2n) is 5.41. The molecule has 1 heterocycles. The topological polar surface area (TPSA) is 85.1 Å². The fourth-order valence-electron chi connectivity index (χ4n) is 2.84. The Hall–Kier alpha value is -1.40. The lowest BCUT2D eigenvalue weighted by molar-refractivity contribution is 0.178. The van der Waals surface area contributed by atoms with Crippen molar-refractivity contribution in [2.24, 2.45) is 11.8 Å². The number of nitrogen functional groups attached to an aromatic ring is 1. The third-order valence-electron chi connectivity index (χ3n) is 3.91. The highest BCUT2D eigenvalue weighted by Crippen LogP contribution is 2.28. The second kappa shape index (κ2) is 7.40. The molecule has 0 aromatic carbocycles. The van der Waals surface area contributed by atoms with Crippen LogP contribution in [-0.2, 0) is 11.3 Å². The molecule has 1 saturated carbocycles. The number of aromatic nitrogens is 2. The standard InChI is InChI=1S/C14H25N5O/c1-3-10-5-4-6-11(7-10)16-12-8-13(19-15)18-14(17-12)9-20-2/h8,10-11H,3-7,9,15H2,1-2H3,(H2,16,17,18,19). The lowest BCUT2D eigenvalue weighted by Gasteiger charge is -2.29. The predicted molar refractivity (Wildman–Crippen MR) is 80.2 cm³/mol. The van der Waals surface area contributed by atoms with Gasteiger partial charge in [-0.25, -0.2) is 15.8 Å². The van der Waals surface area contributed by atoms with E-state index in [9.17, 15) is 0 Å². The number of nitrogens with two attached hydrogens (primary N) is 1. The summed E-state index contributed by atoms with van der Waals surface area (Å²) in [6.07, 6.45) is 6.31. The lowest BCUT2D eigenvalue weighted by atomic mass is 9.84. The molecule has 2 atom stereocenters. The van der Waals surface area contributed by atoms with E-state index >= 15 is 0 Å². The number of hydrogen-bond acceptors (Lipinski definition) is 6. The van der Waals surface area contributed by atoms with Crippen molar-refractivity contribution >= 4 is 11.6 Å². The Morgan fingerprint density at radius 1 is 1.35 bits per heavy atom. The van der Waals surface area contributed by atoms with Crippen molar-refractivity contribution in [1.29, 1.82) is 0 Å². The Morgan fingerprint density at radius 3 is 2.85 bits per heavy atom. The molecule has 0 aliphatic heterocycles. The molecule has 0 amide bonds. The molecule has 0 saturated heterocycles. The van der Waals surface area contributed by atoms with Gasteiger partial charge >= 0.3 is 0 Å². The van der Waals surface area contributed by atoms with Crippen LogP contribution in [0.5, 0.6) is 0 Å².